The largest absolute Gasteiger partial charge is 0.369 e. The fourth-order valence-electron chi connectivity index (χ4n) is 2.57. The predicted octanol–water partition coefficient (Wildman–Crippen LogP) is 3.73. The second-order valence-corrected chi connectivity index (χ2v) is 6.34. The lowest BCUT2D eigenvalue weighted by molar-refractivity contribution is 0.425. The van der Waals surface area contributed by atoms with Crippen molar-refractivity contribution in [2.75, 3.05) is 37.8 Å². The van der Waals surface area contributed by atoms with Crippen molar-refractivity contribution in [1.82, 2.24) is 14.9 Å². The van der Waals surface area contributed by atoms with Gasteiger partial charge in [-0.1, -0.05) is 42.5 Å². The van der Waals surface area contributed by atoms with Gasteiger partial charge in [0.25, 0.3) is 0 Å². The van der Waals surface area contributed by atoms with Crippen LogP contribution in [0.2, 0.25) is 0 Å². The maximum Gasteiger partial charge on any atom is 0.229 e. The molecule has 136 valence electrons. The van der Waals surface area contributed by atoms with E-state index in [-0.39, 0.29) is 0 Å². The molecule has 1 heterocycles. The number of para-hydroxylation sites is 1. The third-order valence-corrected chi connectivity index (χ3v) is 3.95. The van der Waals surface area contributed by atoms with E-state index in [1.165, 1.54) is 0 Å². The summed E-state index contributed by atoms with van der Waals surface area (Å²) in [5.41, 5.74) is 3.06. The van der Waals surface area contributed by atoms with Crippen molar-refractivity contribution in [1.29, 1.82) is 5.26 Å². The summed E-state index contributed by atoms with van der Waals surface area (Å²) in [7, 11) is 4.06. The van der Waals surface area contributed by atoms with Crippen molar-refractivity contribution in [3.05, 3.63) is 66.2 Å². The third kappa shape index (κ3) is 5.03. The van der Waals surface area contributed by atoms with Crippen LogP contribution in [0.4, 0.5) is 17.5 Å². The van der Waals surface area contributed by atoms with E-state index in [1.807, 2.05) is 68.7 Å². The lowest BCUT2D eigenvalue weighted by atomic mass is 10.1. The Morgan fingerprint density at radius 1 is 1.00 bits per heavy atom. The second kappa shape index (κ2) is 8.79. The summed E-state index contributed by atoms with van der Waals surface area (Å²) in [5, 5.41) is 15.8. The first-order valence-electron chi connectivity index (χ1n) is 8.75. The smallest absolute Gasteiger partial charge is 0.229 e. The standard InChI is InChI=1S/C21H22N6/c1-27(2)13-12-23-20-14-19(16-8-4-3-5-9-16)25-21(26-20)24-18-11-7-6-10-17(18)15-22/h3-11,14H,12-13H2,1-2H3,(H2,23,24,25,26). The van der Waals surface area contributed by atoms with E-state index in [1.54, 1.807) is 6.07 Å². The number of nitrogens with zero attached hydrogens (tertiary/aromatic N) is 4. The zero-order valence-corrected chi connectivity index (χ0v) is 15.5. The number of nitrogens with one attached hydrogen (secondary N) is 2. The molecule has 0 aliphatic heterocycles. The number of benzene rings is 2. The molecule has 0 spiro atoms. The van der Waals surface area contributed by atoms with E-state index in [2.05, 4.69) is 31.6 Å². The highest BCUT2D eigenvalue weighted by molar-refractivity contribution is 5.68. The highest BCUT2D eigenvalue weighted by atomic mass is 15.2. The molecule has 0 radical (unpaired) electrons. The van der Waals surface area contributed by atoms with E-state index >= 15 is 0 Å². The molecule has 0 bridgehead atoms. The third-order valence-electron chi connectivity index (χ3n) is 3.95. The summed E-state index contributed by atoms with van der Waals surface area (Å²) in [6.07, 6.45) is 0. The van der Waals surface area contributed by atoms with Gasteiger partial charge in [0.1, 0.15) is 11.9 Å². The minimum absolute atomic E-state index is 0.450. The quantitative estimate of drug-likeness (QED) is 0.670. The van der Waals surface area contributed by atoms with Crippen LogP contribution in [0, 0.1) is 11.3 Å². The second-order valence-electron chi connectivity index (χ2n) is 6.34. The molecule has 6 nitrogen and oxygen atoms in total. The summed E-state index contributed by atoms with van der Waals surface area (Å²) in [5.74, 6) is 1.19. The Kier molecular flexibility index (Phi) is 5.98. The number of nitriles is 1. The SMILES string of the molecule is CN(C)CCNc1cc(-c2ccccc2)nc(Nc2ccccc2C#N)n1. The van der Waals surface area contributed by atoms with Gasteiger partial charge in [0, 0.05) is 24.7 Å². The van der Waals surface area contributed by atoms with Gasteiger partial charge in [-0.3, -0.25) is 0 Å². The fourth-order valence-corrected chi connectivity index (χ4v) is 2.57. The molecule has 3 aromatic rings. The van der Waals surface area contributed by atoms with Crippen LogP contribution in [0.5, 0.6) is 0 Å². The van der Waals surface area contributed by atoms with Crippen LogP contribution in [0.25, 0.3) is 11.3 Å². The van der Waals surface area contributed by atoms with Crippen LogP contribution < -0.4 is 10.6 Å². The minimum atomic E-state index is 0.450. The van der Waals surface area contributed by atoms with E-state index in [0.29, 0.717) is 17.2 Å². The van der Waals surface area contributed by atoms with E-state index < -0.39 is 0 Å². The number of rotatable bonds is 7. The van der Waals surface area contributed by atoms with Crippen molar-refractivity contribution >= 4 is 17.5 Å². The van der Waals surface area contributed by atoms with E-state index in [0.717, 1.165) is 30.2 Å². The van der Waals surface area contributed by atoms with Gasteiger partial charge >= 0.3 is 0 Å². The van der Waals surface area contributed by atoms with Crippen molar-refractivity contribution in [3.63, 3.8) is 0 Å². The van der Waals surface area contributed by atoms with Crippen molar-refractivity contribution < 1.29 is 0 Å². The van der Waals surface area contributed by atoms with Gasteiger partial charge in [0.2, 0.25) is 5.95 Å². The molecule has 0 amide bonds. The van der Waals surface area contributed by atoms with Gasteiger partial charge in [0.15, 0.2) is 0 Å². The zero-order valence-electron chi connectivity index (χ0n) is 15.5. The molecule has 0 saturated carbocycles. The van der Waals surface area contributed by atoms with E-state index in [4.69, 9.17) is 0 Å². The Morgan fingerprint density at radius 2 is 1.74 bits per heavy atom. The Balaban J connectivity index is 1.93. The molecule has 27 heavy (non-hydrogen) atoms. The Morgan fingerprint density at radius 3 is 2.48 bits per heavy atom. The van der Waals surface area contributed by atoms with Crippen molar-refractivity contribution in [3.8, 4) is 17.3 Å². The molecule has 2 aromatic carbocycles. The van der Waals surface area contributed by atoms with Gasteiger partial charge in [-0.25, -0.2) is 4.98 Å². The lowest BCUT2D eigenvalue weighted by Crippen LogP contribution is -2.21. The average Bonchev–Trinajstić information content (AvgIpc) is 2.69. The van der Waals surface area contributed by atoms with Crippen LogP contribution in [-0.4, -0.2) is 42.1 Å². The van der Waals surface area contributed by atoms with Gasteiger partial charge in [-0.2, -0.15) is 10.2 Å². The van der Waals surface area contributed by atoms with Gasteiger partial charge in [-0.15, -0.1) is 0 Å². The lowest BCUT2D eigenvalue weighted by Gasteiger charge is -2.14. The summed E-state index contributed by atoms with van der Waals surface area (Å²) in [4.78, 5) is 11.3. The van der Waals surface area contributed by atoms with Gasteiger partial charge < -0.3 is 15.5 Å². The molecule has 3 rings (SSSR count). The first-order chi connectivity index (χ1) is 13.2. The maximum atomic E-state index is 9.30. The van der Waals surface area contributed by atoms with Crippen LogP contribution in [-0.2, 0) is 0 Å². The topological polar surface area (TPSA) is 76.9 Å². The molecule has 0 saturated heterocycles. The Bertz CT molecular complexity index is 931. The first kappa shape index (κ1) is 18.4. The number of aromatic nitrogens is 2. The molecule has 1 aromatic heterocycles. The molecule has 0 atom stereocenters. The monoisotopic (exact) mass is 358 g/mol. The number of hydrogen-bond acceptors (Lipinski definition) is 6. The highest BCUT2D eigenvalue weighted by Gasteiger charge is 2.09. The molecule has 0 unspecified atom stereocenters. The summed E-state index contributed by atoms with van der Waals surface area (Å²) in [6, 6.07) is 21.4. The summed E-state index contributed by atoms with van der Waals surface area (Å²) in [6.45, 7) is 1.66. The molecular formula is C21H22N6. The number of anilines is 3. The van der Waals surface area contributed by atoms with Crippen molar-refractivity contribution in [2.45, 2.75) is 0 Å². The maximum absolute atomic E-state index is 9.30. The Hall–Kier alpha value is -3.43. The van der Waals surface area contributed by atoms with Gasteiger partial charge in [0.05, 0.1) is 16.9 Å². The molecular weight excluding hydrogens is 336 g/mol. The molecule has 2 N–H and O–H groups in total. The first-order valence-corrected chi connectivity index (χ1v) is 8.75. The summed E-state index contributed by atoms with van der Waals surface area (Å²) < 4.78 is 0. The van der Waals surface area contributed by atoms with Crippen LogP contribution in [0.15, 0.2) is 60.7 Å². The predicted molar refractivity (Wildman–Crippen MR) is 109 cm³/mol. The van der Waals surface area contributed by atoms with E-state index in [9.17, 15) is 5.26 Å². The summed E-state index contributed by atoms with van der Waals surface area (Å²) >= 11 is 0. The van der Waals surface area contributed by atoms with Crippen molar-refractivity contribution in [2.24, 2.45) is 0 Å². The molecule has 0 aliphatic rings. The van der Waals surface area contributed by atoms with Gasteiger partial charge in [-0.05, 0) is 26.2 Å². The zero-order chi connectivity index (χ0) is 19.1. The minimum Gasteiger partial charge on any atom is -0.369 e. The van der Waals surface area contributed by atoms with Crippen LogP contribution in [0.3, 0.4) is 0 Å². The fraction of sp³-hybridized carbons (Fsp3) is 0.190. The molecule has 6 heteroatoms. The normalized spacial score (nSPS) is 10.4. The number of likely N-dealkylation sites (N-methyl/N-ethyl adjacent to an activating group) is 1. The molecule has 0 aliphatic carbocycles. The Labute approximate surface area is 159 Å². The average molecular weight is 358 g/mol. The van der Waals surface area contributed by atoms with Crippen LogP contribution >= 0.6 is 0 Å². The highest BCUT2D eigenvalue weighted by Crippen LogP contribution is 2.24. The number of hydrogen-bond donors (Lipinski definition) is 2. The molecule has 0 fully saturated rings. The van der Waals surface area contributed by atoms with Crippen LogP contribution in [0.1, 0.15) is 5.56 Å².